The van der Waals surface area contributed by atoms with Crippen LogP contribution in [0.2, 0.25) is 0 Å². The second kappa shape index (κ2) is 8.80. The van der Waals surface area contributed by atoms with Gasteiger partial charge in [0, 0.05) is 48.5 Å². The minimum Gasteiger partial charge on any atom is -0.378 e. The number of nitrogens with zero attached hydrogens (tertiary/aromatic N) is 8. The quantitative estimate of drug-likeness (QED) is 0.419. The molecule has 176 valence electrons. The van der Waals surface area contributed by atoms with Crippen molar-refractivity contribution in [2.45, 2.75) is 6.92 Å². The van der Waals surface area contributed by atoms with E-state index in [-0.39, 0.29) is 0 Å². The molecule has 1 aliphatic heterocycles. The Morgan fingerprint density at radius 2 is 1.80 bits per heavy atom. The fourth-order valence-electron chi connectivity index (χ4n) is 4.25. The predicted octanol–water partition coefficient (Wildman–Crippen LogP) is 3.50. The fraction of sp³-hybridized carbons (Fsp3) is 0.240. The second-order valence-electron chi connectivity index (χ2n) is 8.50. The highest BCUT2D eigenvalue weighted by molar-refractivity contribution is 5.84. The number of hydrogen-bond donors (Lipinski definition) is 1. The van der Waals surface area contributed by atoms with Crippen molar-refractivity contribution < 1.29 is 4.74 Å². The largest absolute Gasteiger partial charge is 0.378 e. The van der Waals surface area contributed by atoms with E-state index in [2.05, 4.69) is 43.7 Å². The van der Waals surface area contributed by atoms with Crippen LogP contribution in [0.5, 0.6) is 0 Å². The molecule has 0 saturated carbocycles. The van der Waals surface area contributed by atoms with Crippen LogP contribution in [0.25, 0.3) is 27.8 Å². The number of nitrogens with one attached hydrogen (secondary N) is 1. The highest BCUT2D eigenvalue weighted by Crippen LogP contribution is 2.28. The van der Waals surface area contributed by atoms with E-state index in [1.54, 1.807) is 6.33 Å². The molecule has 0 unspecified atom stereocenters. The molecule has 10 nitrogen and oxygen atoms in total. The maximum absolute atomic E-state index is 5.53. The van der Waals surface area contributed by atoms with Crippen LogP contribution < -0.4 is 10.2 Å². The van der Waals surface area contributed by atoms with Crippen LogP contribution in [0.3, 0.4) is 0 Å². The third-order valence-corrected chi connectivity index (χ3v) is 6.19. The van der Waals surface area contributed by atoms with Gasteiger partial charge in [-0.1, -0.05) is 12.1 Å². The van der Waals surface area contributed by atoms with Gasteiger partial charge in [-0.15, -0.1) is 10.2 Å². The number of hydrogen-bond acceptors (Lipinski definition) is 8. The zero-order chi connectivity index (χ0) is 23.8. The van der Waals surface area contributed by atoms with Crippen LogP contribution in [0, 0.1) is 6.92 Å². The van der Waals surface area contributed by atoms with Crippen molar-refractivity contribution >= 4 is 28.4 Å². The van der Waals surface area contributed by atoms with E-state index in [0.29, 0.717) is 19.2 Å². The highest BCUT2D eigenvalue weighted by Gasteiger charge is 2.17. The molecule has 0 radical (unpaired) electrons. The molecule has 0 bridgehead atoms. The van der Waals surface area contributed by atoms with Gasteiger partial charge in [-0.25, -0.2) is 4.98 Å². The lowest BCUT2D eigenvalue weighted by atomic mass is 10.1. The van der Waals surface area contributed by atoms with E-state index >= 15 is 0 Å². The molecule has 3 aromatic heterocycles. The smallest absolute Gasteiger partial charge is 0.228 e. The molecule has 35 heavy (non-hydrogen) atoms. The molecule has 2 aromatic carbocycles. The summed E-state index contributed by atoms with van der Waals surface area (Å²) in [5.41, 5.74) is 4.85. The third-order valence-electron chi connectivity index (χ3n) is 6.19. The first kappa shape index (κ1) is 21.2. The van der Waals surface area contributed by atoms with Gasteiger partial charge in [-0.05, 0) is 37.3 Å². The fourth-order valence-corrected chi connectivity index (χ4v) is 4.25. The number of morpholine rings is 1. The van der Waals surface area contributed by atoms with Gasteiger partial charge in [0.1, 0.15) is 18.0 Å². The van der Waals surface area contributed by atoms with Crippen LogP contribution in [0.15, 0.2) is 61.1 Å². The summed E-state index contributed by atoms with van der Waals surface area (Å²) < 4.78 is 9.35. The number of ether oxygens (including phenoxy) is 1. The van der Waals surface area contributed by atoms with Crippen LogP contribution in [-0.4, -0.2) is 60.8 Å². The molecular formula is C25H25N9O. The molecule has 0 spiro atoms. The Morgan fingerprint density at radius 1 is 0.971 bits per heavy atom. The summed E-state index contributed by atoms with van der Waals surface area (Å²) in [7, 11) is 1.95. The molecule has 6 rings (SSSR count). The number of fused-ring (bicyclic) bond motifs is 1. The van der Waals surface area contributed by atoms with Crippen molar-refractivity contribution in [3.8, 4) is 16.9 Å². The van der Waals surface area contributed by atoms with Crippen LogP contribution in [0.1, 0.15) is 5.82 Å². The maximum atomic E-state index is 5.53. The monoisotopic (exact) mass is 467 g/mol. The Balaban J connectivity index is 1.36. The van der Waals surface area contributed by atoms with E-state index in [1.165, 1.54) is 0 Å². The van der Waals surface area contributed by atoms with Crippen molar-refractivity contribution in [1.82, 2.24) is 34.5 Å². The zero-order valence-electron chi connectivity index (χ0n) is 19.6. The first-order valence-electron chi connectivity index (χ1n) is 11.5. The van der Waals surface area contributed by atoms with Gasteiger partial charge in [0.15, 0.2) is 0 Å². The lowest BCUT2D eigenvalue weighted by Gasteiger charge is -2.27. The zero-order valence-corrected chi connectivity index (χ0v) is 19.6. The van der Waals surface area contributed by atoms with Crippen molar-refractivity contribution in [3.63, 3.8) is 0 Å². The van der Waals surface area contributed by atoms with Gasteiger partial charge in [-0.2, -0.15) is 10.1 Å². The van der Waals surface area contributed by atoms with Crippen molar-refractivity contribution in [1.29, 1.82) is 0 Å². The molecule has 0 aliphatic carbocycles. The van der Waals surface area contributed by atoms with E-state index in [0.717, 1.165) is 58.3 Å². The molecule has 5 aromatic rings. The summed E-state index contributed by atoms with van der Waals surface area (Å²) in [5.74, 6) is 2.26. The standard InChI is InChI=1S/C25H25N9O/c1-17-31-26-16-34(17)21-7-5-20(6-8-21)28-24-14-22(29-25(30-24)33-9-11-35-12-10-33)18-3-4-19-15-27-32(2)23(19)13-18/h3-8,13-16H,9-12H2,1-2H3,(H,28,29,30). The summed E-state index contributed by atoms with van der Waals surface area (Å²) in [6, 6.07) is 16.4. The molecule has 1 N–H and O–H groups in total. The minimum absolute atomic E-state index is 0.668. The Bertz CT molecular complexity index is 1480. The van der Waals surface area contributed by atoms with Crippen molar-refractivity contribution in [3.05, 3.63) is 66.9 Å². The van der Waals surface area contributed by atoms with Gasteiger partial charge in [-0.3, -0.25) is 9.25 Å². The molecule has 1 aliphatic rings. The van der Waals surface area contributed by atoms with Crippen molar-refractivity contribution in [2.24, 2.45) is 7.05 Å². The van der Waals surface area contributed by atoms with E-state index in [4.69, 9.17) is 14.7 Å². The molecule has 1 fully saturated rings. The molecule has 10 heteroatoms. The average Bonchev–Trinajstić information content (AvgIpc) is 3.50. The number of anilines is 3. The Hall–Kier alpha value is -4.31. The second-order valence-corrected chi connectivity index (χ2v) is 8.50. The molecule has 1 saturated heterocycles. The van der Waals surface area contributed by atoms with E-state index in [9.17, 15) is 0 Å². The third kappa shape index (κ3) is 4.19. The predicted molar refractivity (Wildman–Crippen MR) is 134 cm³/mol. The SMILES string of the molecule is Cc1nncn1-c1ccc(Nc2cc(-c3ccc4cnn(C)c4c3)nc(N3CCOCC3)n2)cc1. The van der Waals surface area contributed by atoms with Gasteiger partial charge in [0.25, 0.3) is 0 Å². The van der Waals surface area contributed by atoms with Gasteiger partial charge < -0.3 is 15.0 Å². The number of rotatable bonds is 5. The Kier molecular flexibility index (Phi) is 5.34. The van der Waals surface area contributed by atoms with Gasteiger partial charge >= 0.3 is 0 Å². The van der Waals surface area contributed by atoms with Crippen LogP contribution in [0.4, 0.5) is 17.5 Å². The number of aryl methyl sites for hydroxylation is 2. The summed E-state index contributed by atoms with van der Waals surface area (Å²) in [5, 5.41) is 16.9. The lowest BCUT2D eigenvalue weighted by molar-refractivity contribution is 0.122. The first-order valence-corrected chi connectivity index (χ1v) is 11.5. The summed E-state index contributed by atoms with van der Waals surface area (Å²) in [6.45, 7) is 4.79. The Labute approximate surface area is 202 Å². The first-order chi connectivity index (χ1) is 17.1. The topological polar surface area (TPSA) is 98.8 Å². The number of benzene rings is 2. The summed E-state index contributed by atoms with van der Waals surface area (Å²) >= 11 is 0. The van der Waals surface area contributed by atoms with E-state index in [1.807, 2.05) is 59.7 Å². The van der Waals surface area contributed by atoms with E-state index < -0.39 is 0 Å². The highest BCUT2D eigenvalue weighted by atomic mass is 16.5. The molecule has 4 heterocycles. The molecular weight excluding hydrogens is 442 g/mol. The summed E-state index contributed by atoms with van der Waals surface area (Å²) in [4.78, 5) is 11.9. The molecule has 0 atom stereocenters. The number of aromatic nitrogens is 7. The Morgan fingerprint density at radius 3 is 2.57 bits per heavy atom. The maximum Gasteiger partial charge on any atom is 0.228 e. The van der Waals surface area contributed by atoms with Crippen molar-refractivity contribution in [2.75, 3.05) is 36.5 Å². The lowest BCUT2D eigenvalue weighted by Crippen LogP contribution is -2.37. The average molecular weight is 468 g/mol. The van der Waals surface area contributed by atoms with Crippen LogP contribution in [-0.2, 0) is 11.8 Å². The van der Waals surface area contributed by atoms with Gasteiger partial charge in [0.05, 0.1) is 30.6 Å². The van der Waals surface area contributed by atoms with Gasteiger partial charge in [0.2, 0.25) is 5.95 Å². The molecule has 0 amide bonds. The summed E-state index contributed by atoms with van der Waals surface area (Å²) in [6.07, 6.45) is 3.58. The van der Waals surface area contributed by atoms with Crippen LogP contribution >= 0.6 is 0 Å². The normalized spacial score (nSPS) is 13.9. The minimum atomic E-state index is 0.668.